The van der Waals surface area contributed by atoms with Crippen LogP contribution >= 0.6 is 0 Å². The van der Waals surface area contributed by atoms with E-state index in [1.807, 2.05) is 52.0 Å². The van der Waals surface area contributed by atoms with Crippen LogP contribution in [0.15, 0.2) is 24.3 Å². The number of hydrogen-bond acceptors (Lipinski definition) is 3. The standard InChI is InChI=1S/C14H21BN2O3/c1-13(2)14(3,4)20-15(19-13)11-7-5-6-10(8-11)9-17-12(16)18/h5-8H,9H2,1-4H3,(H3,16,17,18). The van der Waals surface area contributed by atoms with E-state index >= 15 is 0 Å². The molecule has 0 aliphatic carbocycles. The molecule has 1 saturated heterocycles. The summed E-state index contributed by atoms with van der Waals surface area (Å²) in [4.78, 5) is 10.7. The zero-order valence-electron chi connectivity index (χ0n) is 12.4. The van der Waals surface area contributed by atoms with Crippen molar-refractivity contribution in [1.29, 1.82) is 0 Å². The van der Waals surface area contributed by atoms with Crippen LogP contribution in [0.25, 0.3) is 0 Å². The van der Waals surface area contributed by atoms with Gasteiger partial charge in [0.05, 0.1) is 11.2 Å². The number of amides is 2. The van der Waals surface area contributed by atoms with Crippen LogP contribution < -0.4 is 16.5 Å². The molecule has 0 aromatic heterocycles. The van der Waals surface area contributed by atoms with Crippen molar-refractivity contribution in [1.82, 2.24) is 5.32 Å². The maximum atomic E-state index is 10.7. The van der Waals surface area contributed by atoms with Crippen molar-refractivity contribution < 1.29 is 14.1 Å². The van der Waals surface area contributed by atoms with Gasteiger partial charge in [-0.05, 0) is 38.7 Å². The highest BCUT2D eigenvalue weighted by Crippen LogP contribution is 2.36. The zero-order chi connectivity index (χ0) is 15.0. The summed E-state index contributed by atoms with van der Waals surface area (Å²) in [5.74, 6) is 0. The van der Waals surface area contributed by atoms with Gasteiger partial charge in [-0.15, -0.1) is 0 Å². The molecule has 5 nitrogen and oxygen atoms in total. The van der Waals surface area contributed by atoms with E-state index in [2.05, 4.69) is 5.32 Å². The van der Waals surface area contributed by atoms with Gasteiger partial charge in [-0.1, -0.05) is 24.3 Å². The van der Waals surface area contributed by atoms with Gasteiger partial charge < -0.3 is 20.4 Å². The number of primary amides is 1. The number of carbonyl (C=O) groups is 1. The maximum absolute atomic E-state index is 10.7. The van der Waals surface area contributed by atoms with Gasteiger partial charge in [0.2, 0.25) is 0 Å². The van der Waals surface area contributed by atoms with E-state index < -0.39 is 13.1 Å². The molecule has 108 valence electrons. The Kier molecular flexibility index (Phi) is 3.80. The normalized spacial score (nSPS) is 19.9. The second kappa shape index (κ2) is 5.11. The summed E-state index contributed by atoms with van der Waals surface area (Å²) in [6.07, 6.45) is 0. The number of nitrogens with one attached hydrogen (secondary N) is 1. The molecule has 0 radical (unpaired) electrons. The van der Waals surface area contributed by atoms with Crippen molar-refractivity contribution in [3.8, 4) is 0 Å². The van der Waals surface area contributed by atoms with E-state index in [0.717, 1.165) is 11.0 Å². The van der Waals surface area contributed by atoms with Gasteiger partial charge >= 0.3 is 13.1 Å². The third-order valence-corrected chi connectivity index (χ3v) is 3.94. The average molecular weight is 276 g/mol. The zero-order valence-corrected chi connectivity index (χ0v) is 12.4. The van der Waals surface area contributed by atoms with Crippen LogP contribution in [0, 0.1) is 0 Å². The van der Waals surface area contributed by atoms with Gasteiger partial charge in [-0.2, -0.15) is 0 Å². The fourth-order valence-electron chi connectivity index (χ4n) is 2.02. The van der Waals surface area contributed by atoms with E-state index in [1.54, 1.807) is 0 Å². The van der Waals surface area contributed by atoms with Crippen LogP contribution in [0.1, 0.15) is 33.3 Å². The molecule has 0 spiro atoms. The Hall–Kier alpha value is -1.53. The highest BCUT2D eigenvalue weighted by Gasteiger charge is 2.51. The lowest BCUT2D eigenvalue weighted by Crippen LogP contribution is -2.41. The SMILES string of the molecule is CC1(C)OB(c2cccc(CNC(N)=O)c2)OC1(C)C. The van der Waals surface area contributed by atoms with E-state index in [1.165, 1.54) is 0 Å². The first-order valence-corrected chi connectivity index (χ1v) is 6.69. The van der Waals surface area contributed by atoms with Gasteiger partial charge in [0, 0.05) is 6.54 Å². The summed E-state index contributed by atoms with van der Waals surface area (Å²) in [5, 5.41) is 2.57. The molecule has 1 aromatic carbocycles. The van der Waals surface area contributed by atoms with Crippen molar-refractivity contribution in [3.63, 3.8) is 0 Å². The van der Waals surface area contributed by atoms with E-state index in [9.17, 15) is 4.79 Å². The number of nitrogens with two attached hydrogens (primary N) is 1. The van der Waals surface area contributed by atoms with E-state index in [0.29, 0.717) is 6.54 Å². The molecule has 6 heteroatoms. The highest BCUT2D eigenvalue weighted by atomic mass is 16.7. The van der Waals surface area contributed by atoms with Gasteiger partial charge in [0.1, 0.15) is 0 Å². The molecule has 0 saturated carbocycles. The van der Waals surface area contributed by atoms with Crippen LogP contribution in [0.3, 0.4) is 0 Å². The van der Waals surface area contributed by atoms with Crippen LogP contribution in [0.4, 0.5) is 4.79 Å². The molecule has 1 heterocycles. The minimum absolute atomic E-state index is 0.362. The fourth-order valence-corrected chi connectivity index (χ4v) is 2.02. The first-order valence-electron chi connectivity index (χ1n) is 6.69. The predicted octanol–water partition coefficient (Wildman–Crippen LogP) is 1.15. The molecule has 3 N–H and O–H groups in total. The third-order valence-electron chi connectivity index (χ3n) is 3.94. The number of benzene rings is 1. The molecule has 0 atom stereocenters. The molecule has 1 aromatic rings. The van der Waals surface area contributed by atoms with Gasteiger partial charge in [-0.25, -0.2) is 4.79 Å². The lowest BCUT2D eigenvalue weighted by Gasteiger charge is -2.32. The number of rotatable bonds is 3. The largest absolute Gasteiger partial charge is 0.494 e. The highest BCUT2D eigenvalue weighted by molar-refractivity contribution is 6.62. The molecular formula is C14H21BN2O3. The Morgan fingerprint density at radius 3 is 2.40 bits per heavy atom. The Labute approximate surface area is 120 Å². The second-order valence-electron chi connectivity index (χ2n) is 6.05. The van der Waals surface area contributed by atoms with Crippen LogP contribution in [0.2, 0.25) is 0 Å². The van der Waals surface area contributed by atoms with E-state index in [4.69, 9.17) is 15.0 Å². The molecule has 1 aliphatic rings. The van der Waals surface area contributed by atoms with Gasteiger partial charge in [0.25, 0.3) is 0 Å². The van der Waals surface area contributed by atoms with Crippen molar-refractivity contribution in [3.05, 3.63) is 29.8 Å². The Morgan fingerprint density at radius 1 is 1.25 bits per heavy atom. The topological polar surface area (TPSA) is 73.6 Å². The Balaban J connectivity index is 2.14. The smallest absolute Gasteiger partial charge is 0.399 e. The van der Waals surface area contributed by atoms with Gasteiger partial charge in [-0.3, -0.25) is 0 Å². The Morgan fingerprint density at radius 2 is 1.85 bits per heavy atom. The van der Waals surface area contributed by atoms with Crippen molar-refractivity contribution in [2.45, 2.75) is 45.4 Å². The van der Waals surface area contributed by atoms with Crippen molar-refractivity contribution in [2.75, 3.05) is 0 Å². The number of hydrogen-bond donors (Lipinski definition) is 2. The first-order chi connectivity index (χ1) is 9.21. The average Bonchev–Trinajstić information content (AvgIpc) is 2.56. The van der Waals surface area contributed by atoms with Crippen LogP contribution in [-0.2, 0) is 15.9 Å². The summed E-state index contributed by atoms with van der Waals surface area (Å²) in [7, 11) is -0.395. The third kappa shape index (κ3) is 2.97. The summed E-state index contributed by atoms with van der Waals surface area (Å²) < 4.78 is 12.0. The maximum Gasteiger partial charge on any atom is 0.494 e. The molecule has 20 heavy (non-hydrogen) atoms. The van der Waals surface area contributed by atoms with Crippen molar-refractivity contribution >= 4 is 18.6 Å². The summed E-state index contributed by atoms with van der Waals surface area (Å²) in [6, 6.07) is 7.21. The quantitative estimate of drug-likeness (QED) is 0.813. The van der Waals surface area contributed by atoms with Crippen LogP contribution in [0.5, 0.6) is 0 Å². The minimum Gasteiger partial charge on any atom is -0.399 e. The van der Waals surface area contributed by atoms with Gasteiger partial charge in [0.15, 0.2) is 0 Å². The molecular weight excluding hydrogens is 255 g/mol. The monoisotopic (exact) mass is 276 g/mol. The Bertz CT molecular complexity index is 501. The lowest BCUT2D eigenvalue weighted by molar-refractivity contribution is 0.00578. The van der Waals surface area contributed by atoms with Crippen LogP contribution in [-0.4, -0.2) is 24.4 Å². The lowest BCUT2D eigenvalue weighted by atomic mass is 9.78. The number of carbonyl (C=O) groups excluding carboxylic acids is 1. The molecule has 0 bridgehead atoms. The minimum atomic E-state index is -0.536. The fraction of sp³-hybridized carbons (Fsp3) is 0.500. The first kappa shape index (κ1) is 14.9. The molecule has 0 unspecified atom stereocenters. The van der Waals surface area contributed by atoms with E-state index in [-0.39, 0.29) is 11.2 Å². The summed E-state index contributed by atoms with van der Waals surface area (Å²) in [5.41, 5.74) is 6.24. The second-order valence-corrected chi connectivity index (χ2v) is 6.05. The summed E-state index contributed by atoms with van der Waals surface area (Å²) >= 11 is 0. The summed E-state index contributed by atoms with van der Waals surface area (Å²) in [6.45, 7) is 8.47. The molecule has 1 fully saturated rings. The predicted molar refractivity (Wildman–Crippen MR) is 78.6 cm³/mol. The molecule has 2 amide bonds. The molecule has 2 rings (SSSR count). The number of urea groups is 1. The molecule has 1 aliphatic heterocycles. The van der Waals surface area contributed by atoms with Crippen molar-refractivity contribution in [2.24, 2.45) is 5.73 Å².